The summed E-state index contributed by atoms with van der Waals surface area (Å²) < 4.78 is 16.2. The molecule has 9 heteroatoms. The lowest BCUT2D eigenvalue weighted by Gasteiger charge is -2.50. The van der Waals surface area contributed by atoms with Crippen LogP contribution in [0, 0.1) is 0 Å². The number of ether oxygens (including phenoxy) is 3. The Kier molecular flexibility index (Phi) is 5.33. The maximum absolute atomic E-state index is 13.3. The van der Waals surface area contributed by atoms with Crippen molar-refractivity contribution in [3.8, 4) is 17.2 Å². The Hall–Kier alpha value is -3.72. The van der Waals surface area contributed by atoms with Gasteiger partial charge in [-0.25, -0.2) is 0 Å². The van der Waals surface area contributed by atoms with Crippen LogP contribution >= 0.6 is 0 Å². The van der Waals surface area contributed by atoms with Crippen molar-refractivity contribution in [2.45, 2.75) is 31.2 Å². The number of fused-ring (bicyclic) bond motifs is 5. The normalized spacial score (nSPS) is 20.0. The average Bonchev–Trinajstić information content (AvgIpc) is 3.52. The second-order valence-corrected chi connectivity index (χ2v) is 9.81. The number of carbonyl (C=O) groups is 2. The van der Waals surface area contributed by atoms with E-state index in [-0.39, 0.29) is 30.6 Å². The van der Waals surface area contributed by atoms with Crippen molar-refractivity contribution in [2.75, 3.05) is 40.1 Å². The highest BCUT2D eigenvalue weighted by Crippen LogP contribution is 2.49. The molecule has 0 bridgehead atoms. The molecule has 2 aromatic carbocycles. The van der Waals surface area contributed by atoms with Gasteiger partial charge < -0.3 is 34.1 Å². The fourth-order valence-electron chi connectivity index (χ4n) is 6.10. The molecule has 1 fully saturated rings. The zero-order chi connectivity index (χ0) is 25.0. The first-order valence-electron chi connectivity index (χ1n) is 12.2. The molecule has 4 heterocycles. The molecule has 3 aliphatic rings. The number of aromatic nitrogens is 1. The van der Waals surface area contributed by atoms with Gasteiger partial charge >= 0.3 is 0 Å². The molecule has 188 valence electrons. The van der Waals surface area contributed by atoms with Gasteiger partial charge in [0.15, 0.2) is 11.5 Å². The van der Waals surface area contributed by atoms with Crippen LogP contribution in [0.5, 0.6) is 17.2 Å². The predicted octanol–water partition coefficient (Wildman–Crippen LogP) is 2.97. The number of carbonyl (C=O) groups excluding carboxylic acids is 2. The first-order chi connectivity index (χ1) is 17.4. The van der Waals surface area contributed by atoms with E-state index in [1.165, 1.54) is 0 Å². The fraction of sp³-hybridized carbons (Fsp3) is 0.407. The van der Waals surface area contributed by atoms with E-state index in [0.29, 0.717) is 49.5 Å². The molecule has 0 unspecified atom stereocenters. The molecule has 1 aromatic heterocycles. The minimum atomic E-state index is -0.435. The minimum Gasteiger partial charge on any atom is -0.497 e. The molecule has 1 saturated heterocycles. The Bertz CT molecular complexity index is 1360. The largest absolute Gasteiger partial charge is 0.497 e. The zero-order valence-corrected chi connectivity index (χ0v) is 20.4. The summed E-state index contributed by atoms with van der Waals surface area (Å²) in [6, 6.07) is 10.8. The highest BCUT2D eigenvalue weighted by molar-refractivity contribution is 5.95. The Morgan fingerprint density at radius 1 is 1.14 bits per heavy atom. The van der Waals surface area contributed by atoms with E-state index in [1.54, 1.807) is 37.1 Å². The molecule has 0 saturated carbocycles. The summed E-state index contributed by atoms with van der Waals surface area (Å²) in [6.45, 7) is 3.17. The van der Waals surface area contributed by atoms with Crippen LogP contribution in [0.2, 0.25) is 0 Å². The maximum atomic E-state index is 13.3. The van der Waals surface area contributed by atoms with Gasteiger partial charge in [-0.2, -0.15) is 0 Å². The van der Waals surface area contributed by atoms with Crippen LogP contribution < -0.4 is 14.2 Å². The van der Waals surface area contributed by atoms with Gasteiger partial charge in [-0.05, 0) is 48.7 Å². The van der Waals surface area contributed by atoms with E-state index < -0.39 is 6.04 Å². The van der Waals surface area contributed by atoms with Crippen LogP contribution in [0.15, 0.2) is 36.4 Å². The molecule has 36 heavy (non-hydrogen) atoms. The number of nitrogens with one attached hydrogen (secondary N) is 1. The number of aromatic amines is 1. The summed E-state index contributed by atoms with van der Waals surface area (Å²) in [5.41, 5.74) is 3.18. The second-order valence-electron chi connectivity index (χ2n) is 9.81. The third-order valence-electron chi connectivity index (χ3n) is 7.95. The highest BCUT2D eigenvalue weighted by atomic mass is 16.7. The summed E-state index contributed by atoms with van der Waals surface area (Å²) >= 11 is 0. The molecule has 3 aliphatic heterocycles. The van der Waals surface area contributed by atoms with Gasteiger partial charge in [0.2, 0.25) is 12.7 Å². The highest BCUT2D eigenvalue weighted by Gasteiger charge is 2.48. The fourth-order valence-corrected chi connectivity index (χ4v) is 6.10. The topological polar surface area (TPSA) is 104 Å². The molecule has 2 N–H and O–H groups in total. The Morgan fingerprint density at radius 3 is 2.64 bits per heavy atom. The number of amides is 2. The summed E-state index contributed by atoms with van der Waals surface area (Å²) in [7, 11) is 1.63. The van der Waals surface area contributed by atoms with Gasteiger partial charge in [0.05, 0.1) is 19.8 Å². The molecular formula is C27H29N3O6. The molecule has 6 rings (SSSR count). The summed E-state index contributed by atoms with van der Waals surface area (Å²) in [6.07, 6.45) is 1.41. The SMILES string of the molecule is COc1ccc2c3c([nH]c2c1)[C@H](CO)N(C(C)=O)CC31CCN(C(=O)c2ccc3c(c2)OCO3)CC1. The number of aliphatic hydroxyl groups is 1. The van der Waals surface area contributed by atoms with Gasteiger partial charge in [-0.3, -0.25) is 9.59 Å². The molecule has 9 nitrogen and oxygen atoms in total. The summed E-state index contributed by atoms with van der Waals surface area (Å²) in [4.78, 5) is 33.1. The number of nitrogens with zero attached hydrogens (tertiary/aromatic N) is 2. The van der Waals surface area contributed by atoms with Gasteiger partial charge in [0.1, 0.15) is 5.75 Å². The molecule has 1 spiro atoms. The van der Waals surface area contributed by atoms with Crippen molar-refractivity contribution in [1.82, 2.24) is 14.8 Å². The van der Waals surface area contributed by atoms with E-state index in [4.69, 9.17) is 14.2 Å². The van der Waals surface area contributed by atoms with Crippen LogP contribution in [0.1, 0.15) is 47.4 Å². The Morgan fingerprint density at radius 2 is 1.92 bits per heavy atom. The number of hydrogen-bond donors (Lipinski definition) is 2. The van der Waals surface area contributed by atoms with Crippen molar-refractivity contribution in [2.24, 2.45) is 0 Å². The first kappa shape index (κ1) is 22.7. The number of likely N-dealkylation sites (tertiary alicyclic amines) is 1. The zero-order valence-electron chi connectivity index (χ0n) is 20.4. The van der Waals surface area contributed by atoms with E-state index in [0.717, 1.165) is 27.9 Å². The van der Waals surface area contributed by atoms with Crippen molar-refractivity contribution < 1.29 is 28.9 Å². The van der Waals surface area contributed by atoms with Gasteiger partial charge in [-0.15, -0.1) is 0 Å². The van der Waals surface area contributed by atoms with Crippen molar-refractivity contribution in [1.29, 1.82) is 0 Å². The molecule has 1 atom stereocenters. The lowest BCUT2D eigenvalue weighted by Crippen LogP contribution is -2.55. The van der Waals surface area contributed by atoms with Crippen LogP contribution in [-0.2, 0) is 10.2 Å². The van der Waals surface area contributed by atoms with Crippen LogP contribution in [0.25, 0.3) is 10.9 Å². The van der Waals surface area contributed by atoms with Crippen LogP contribution in [-0.4, -0.2) is 71.8 Å². The standard InChI is InChI=1S/C27H29N3O6/c1-16(32)30-14-27(24-19-5-4-18(34-2)12-20(19)28-25(24)21(30)13-31)7-9-29(10-8-27)26(33)17-3-6-22-23(11-17)36-15-35-22/h3-6,11-12,21,28,31H,7-10,13-15H2,1-2H3/t21-/m0/s1. The predicted molar refractivity (Wildman–Crippen MR) is 131 cm³/mol. The van der Waals surface area contributed by atoms with E-state index >= 15 is 0 Å². The first-order valence-corrected chi connectivity index (χ1v) is 12.2. The van der Waals surface area contributed by atoms with Crippen LogP contribution in [0.3, 0.4) is 0 Å². The minimum absolute atomic E-state index is 0.0421. The van der Waals surface area contributed by atoms with Gasteiger partial charge in [0, 0.05) is 60.2 Å². The molecule has 0 aliphatic carbocycles. The second kappa shape index (κ2) is 8.44. The van der Waals surface area contributed by atoms with Crippen molar-refractivity contribution in [3.05, 3.63) is 53.2 Å². The van der Waals surface area contributed by atoms with E-state index in [1.807, 2.05) is 23.1 Å². The van der Waals surface area contributed by atoms with E-state index in [9.17, 15) is 14.7 Å². The molecule has 0 radical (unpaired) electrons. The maximum Gasteiger partial charge on any atom is 0.253 e. The number of methoxy groups -OCH3 is 1. The van der Waals surface area contributed by atoms with Gasteiger partial charge in [-0.1, -0.05) is 0 Å². The molecule has 2 amide bonds. The molecule has 3 aromatic rings. The smallest absolute Gasteiger partial charge is 0.253 e. The monoisotopic (exact) mass is 491 g/mol. The van der Waals surface area contributed by atoms with E-state index in [2.05, 4.69) is 4.98 Å². The number of hydrogen-bond acceptors (Lipinski definition) is 6. The Balaban J connectivity index is 1.35. The lowest BCUT2D eigenvalue weighted by atomic mass is 9.68. The number of rotatable bonds is 3. The third-order valence-corrected chi connectivity index (χ3v) is 7.95. The number of H-pyrrole nitrogens is 1. The number of aliphatic hydroxyl groups excluding tert-OH is 1. The van der Waals surface area contributed by atoms with Crippen molar-refractivity contribution >= 4 is 22.7 Å². The lowest BCUT2D eigenvalue weighted by molar-refractivity contribution is -0.134. The van der Waals surface area contributed by atoms with Gasteiger partial charge in [0.25, 0.3) is 5.91 Å². The number of piperidine rings is 1. The summed E-state index contributed by atoms with van der Waals surface area (Å²) in [5, 5.41) is 11.3. The van der Waals surface area contributed by atoms with Crippen LogP contribution in [0.4, 0.5) is 0 Å². The van der Waals surface area contributed by atoms with Crippen molar-refractivity contribution in [3.63, 3.8) is 0 Å². The average molecular weight is 492 g/mol. The molecular weight excluding hydrogens is 462 g/mol. The third kappa shape index (κ3) is 3.41. The number of benzene rings is 2. The quantitative estimate of drug-likeness (QED) is 0.584. The Labute approximate surface area is 208 Å². The summed E-state index contributed by atoms with van der Waals surface area (Å²) in [5.74, 6) is 1.86.